The van der Waals surface area contributed by atoms with Crippen molar-refractivity contribution in [2.24, 2.45) is 0 Å². The Hall–Kier alpha value is -0.880. The fraction of sp³-hybridized carbons (Fsp3) is 0.467. The Labute approximate surface area is 132 Å². The van der Waals surface area contributed by atoms with Crippen molar-refractivity contribution in [3.05, 3.63) is 40.3 Å². The lowest BCUT2D eigenvalue weighted by atomic mass is 10.2. The molecule has 0 bridgehead atoms. The Bertz CT molecular complexity index is 551. The van der Waals surface area contributed by atoms with Crippen molar-refractivity contribution in [3.63, 3.8) is 0 Å². The second kappa shape index (κ2) is 8.54. The van der Waals surface area contributed by atoms with Gasteiger partial charge in [0.25, 0.3) is 0 Å². The molecule has 21 heavy (non-hydrogen) atoms. The quantitative estimate of drug-likeness (QED) is 0.796. The number of rotatable bonds is 8. The smallest absolute Gasteiger partial charge is 0.236 e. The predicted octanol–water partition coefficient (Wildman–Crippen LogP) is 3.12. The van der Waals surface area contributed by atoms with Crippen LogP contribution in [0.4, 0.5) is 0 Å². The monoisotopic (exact) mass is 331 g/mol. The van der Waals surface area contributed by atoms with Crippen LogP contribution in [0.25, 0.3) is 6.08 Å². The molecule has 0 spiro atoms. The summed E-state index contributed by atoms with van der Waals surface area (Å²) in [6, 6.07) is 6.82. The SMILES string of the molecule is CCC(CC)N(CCO)S(=O)(=O)C=Cc1ccc(Cl)cc1. The van der Waals surface area contributed by atoms with Crippen molar-refractivity contribution in [2.45, 2.75) is 32.7 Å². The summed E-state index contributed by atoms with van der Waals surface area (Å²) in [6.45, 7) is 3.80. The molecule has 6 heteroatoms. The Balaban J connectivity index is 2.97. The van der Waals surface area contributed by atoms with E-state index in [4.69, 9.17) is 16.7 Å². The van der Waals surface area contributed by atoms with Gasteiger partial charge in [-0.05, 0) is 36.6 Å². The minimum Gasteiger partial charge on any atom is -0.395 e. The zero-order valence-corrected chi connectivity index (χ0v) is 13.9. The van der Waals surface area contributed by atoms with Gasteiger partial charge in [0.15, 0.2) is 0 Å². The van der Waals surface area contributed by atoms with E-state index in [-0.39, 0.29) is 19.2 Å². The van der Waals surface area contributed by atoms with Crippen molar-refractivity contribution < 1.29 is 13.5 Å². The molecule has 4 nitrogen and oxygen atoms in total. The lowest BCUT2D eigenvalue weighted by molar-refractivity contribution is 0.221. The van der Waals surface area contributed by atoms with Crippen LogP contribution < -0.4 is 0 Å². The highest BCUT2D eigenvalue weighted by Gasteiger charge is 2.25. The molecule has 1 aromatic rings. The number of benzene rings is 1. The molecule has 0 radical (unpaired) electrons. The third-order valence-corrected chi connectivity index (χ3v) is 5.17. The van der Waals surface area contributed by atoms with Crippen LogP contribution in [0.1, 0.15) is 32.3 Å². The van der Waals surface area contributed by atoms with Crippen molar-refractivity contribution in [3.8, 4) is 0 Å². The maximum Gasteiger partial charge on any atom is 0.236 e. The van der Waals surface area contributed by atoms with Crippen LogP contribution in [0.3, 0.4) is 0 Å². The van der Waals surface area contributed by atoms with Crippen LogP contribution in [0.5, 0.6) is 0 Å². The van der Waals surface area contributed by atoms with Crippen LogP contribution in [0, 0.1) is 0 Å². The zero-order chi connectivity index (χ0) is 15.9. The van der Waals surface area contributed by atoms with Crippen molar-refractivity contribution in [1.82, 2.24) is 4.31 Å². The van der Waals surface area contributed by atoms with E-state index in [0.29, 0.717) is 17.9 Å². The van der Waals surface area contributed by atoms with Crippen LogP contribution in [-0.4, -0.2) is 37.0 Å². The number of aliphatic hydroxyl groups excluding tert-OH is 1. The molecule has 1 N–H and O–H groups in total. The number of halogens is 1. The van der Waals surface area contributed by atoms with Gasteiger partial charge in [-0.3, -0.25) is 0 Å². The molecule has 118 valence electrons. The lowest BCUT2D eigenvalue weighted by Crippen LogP contribution is -2.40. The van der Waals surface area contributed by atoms with Crippen LogP contribution >= 0.6 is 11.6 Å². The summed E-state index contributed by atoms with van der Waals surface area (Å²) in [4.78, 5) is 0. The van der Waals surface area contributed by atoms with E-state index in [1.807, 2.05) is 13.8 Å². The second-order valence-electron chi connectivity index (χ2n) is 4.70. The largest absolute Gasteiger partial charge is 0.395 e. The number of sulfonamides is 1. The molecule has 0 fully saturated rings. The maximum atomic E-state index is 12.4. The molecule has 0 saturated carbocycles. The first-order valence-electron chi connectivity index (χ1n) is 7.01. The highest BCUT2D eigenvalue weighted by Crippen LogP contribution is 2.17. The standard InChI is InChI=1S/C15H22ClNO3S/c1-3-15(4-2)17(10-11-18)21(19,20)12-9-13-5-7-14(16)8-6-13/h5-9,12,15,18H,3-4,10-11H2,1-2H3. The number of hydrogen-bond acceptors (Lipinski definition) is 3. The molecule has 0 aliphatic carbocycles. The van der Waals surface area contributed by atoms with E-state index in [2.05, 4.69) is 0 Å². The third-order valence-electron chi connectivity index (χ3n) is 3.30. The number of nitrogens with zero attached hydrogens (tertiary/aromatic N) is 1. The molecule has 0 aliphatic rings. The predicted molar refractivity (Wildman–Crippen MR) is 87.6 cm³/mol. The van der Waals surface area contributed by atoms with E-state index < -0.39 is 10.0 Å². The molecule has 0 aromatic heterocycles. The van der Waals surface area contributed by atoms with Crippen molar-refractivity contribution in [1.29, 1.82) is 0 Å². The summed E-state index contributed by atoms with van der Waals surface area (Å²) >= 11 is 5.79. The number of aliphatic hydroxyl groups is 1. The van der Waals surface area contributed by atoms with Crippen molar-refractivity contribution in [2.75, 3.05) is 13.2 Å². The van der Waals surface area contributed by atoms with E-state index in [9.17, 15) is 8.42 Å². The summed E-state index contributed by atoms with van der Waals surface area (Å²) in [7, 11) is -3.56. The first kappa shape index (κ1) is 18.2. The topological polar surface area (TPSA) is 57.6 Å². The summed E-state index contributed by atoms with van der Waals surface area (Å²) in [5.41, 5.74) is 0.761. The van der Waals surface area contributed by atoms with Gasteiger partial charge in [0.05, 0.1) is 6.61 Å². The fourth-order valence-corrected chi connectivity index (χ4v) is 3.79. The molecule has 0 atom stereocenters. The molecule has 1 rings (SSSR count). The molecule has 0 amide bonds. The van der Waals surface area contributed by atoms with Gasteiger partial charge in [-0.25, -0.2) is 8.42 Å². The minimum atomic E-state index is -3.56. The van der Waals surface area contributed by atoms with Crippen LogP contribution in [0.2, 0.25) is 5.02 Å². The summed E-state index contributed by atoms with van der Waals surface area (Å²) in [6.07, 6.45) is 2.97. The van der Waals surface area contributed by atoms with Gasteiger partial charge in [0, 0.05) is 23.0 Å². The summed E-state index contributed by atoms with van der Waals surface area (Å²) in [5.74, 6) is 0. The average Bonchev–Trinajstić information content (AvgIpc) is 2.47. The molecule has 1 aromatic carbocycles. The Morgan fingerprint density at radius 2 is 1.81 bits per heavy atom. The Morgan fingerprint density at radius 1 is 1.24 bits per heavy atom. The van der Waals surface area contributed by atoms with E-state index in [0.717, 1.165) is 5.56 Å². The Morgan fingerprint density at radius 3 is 2.29 bits per heavy atom. The fourth-order valence-electron chi connectivity index (χ4n) is 2.13. The molecule has 0 heterocycles. The van der Waals surface area contributed by atoms with Gasteiger partial charge in [0.1, 0.15) is 0 Å². The van der Waals surface area contributed by atoms with Gasteiger partial charge in [0.2, 0.25) is 10.0 Å². The highest BCUT2D eigenvalue weighted by atomic mass is 35.5. The normalized spacial score (nSPS) is 12.7. The number of hydrogen-bond donors (Lipinski definition) is 1. The summed E-state index contributed by atoms with van der Waals surface area (Å²) < 4.78 is 26.2. The van der Waals surface area contributed by atoms with Gasteiger partial charge in [-0.15, -0.1) is 0 Å². The van der Waals surface area contributed by atoms with E-state index in [1.165, 1.54) is 9.71 Å². The van der Waals surface area contributed by atoms with Gasteiger partial charge in [-0.2, -0.15) is 4.31 Å². The molecular weight excluding hydrogens is 310 g/mol. The molecule has 0 unspecified atom stereocenters. The first-order chi connectivity index (χ1) is 9.94. The maximum absolute atomic E-state index is 12.4. The third kappa shape index (κ3) is 5.43. The molecule has 0 saturated heterocycles. The first-order valence-corrected chi connectivity index (χ1v) is 8.89. The molecular formula is C15H22ClNO3S. The van der Waals surface area contributed by atoms with E-state index >= 15 is 0 Å². The van der Waals surface area contributed by atoms with Gasteiger partial charge < -0.3 is 5.11 Å². The van der Waals surface area contributed by atoms with Gasteiger partial charge >= 0.3 is 0 Å². The lowest BCUT2D eigenvalue weighted by Gasteiger charge is -2.27. The van der Waals surface area contributed by atoms with Crippen LogP contribution in [-0.2, 0) is 10.0 Å². The zero-order valence-electron chi connectivity index (χ0n) is 12.4. The second-order valence-corrected chi connectivity index (χ2v) is 6.91. The minimum absolute atomic E-state index is 0.1000. The summed E-state index contributed by atoms with van der Waals surface area (Å²) in [5, 5.41) is 10.9. The molecule has 0 aliphatic heterocycles. The van der Waals surface area contributed by atoms with Crippen LogP contribution in [0.15, 0.2) is 29.7 Å². The average molecular weight is 332 g/mol. The van der Waals surface area contributed by atoms with Gasteiger partial charge in [-0.1, -0.05) is 37.6 Å². The highest BCUT2D eigenvalue weighted by molar-refractivity contribution is 7.92. The Kier molecular flexibility index (Phi) is 7.39. The van der Waals surface area contributed by atoms with E-state index in [1.54, 1.807) is 30.3 Å². The van der Waals surface area contributed by atoms with Crippen molar-refractivity contribution >= 4 is 27.7 Å².